The van der Waals surface area contributed by atoms with Gasteiger partial charge in [-0.05, 0) is 79.4 Å². The molecule has 4 saturated carbocycles. The first-order chi connectivity index (χ1) is 12.0. The monoisotopic (exact) mass is 342 g/mol. The van der Waals surface area contributed by atoms with E-state index in [0.29, 0.717) is 12.0 Å². The minimum Gasteiger partial charge on any atom is -0.478 e. The predicted octanol–water partition coefficient (Wildman–Crippen LogP) is 3.40. The van der Waals surface area contributed by atoms with Gasteiger partial charge in [-0.2, -0.15) is 0 Å². The van der Waals surface area contributed by atoms with Crippen LogP contribution >= 0.6 is 0 Å². The Hall–Kier alpha value is -2.04. The first-order valence-electron chi connectivity index (χ1n) is 9.35. The van der Waals surface area contributed by atoms with Crippen LogP contribution in [0.3, 0.4) is 0 Å². The zero-order chi connectivity index (χ0) is 17.4. The number of nitrogens with one attached hydrogen (secondary N) is 2. The summed E-state index contributed by atoms with van der Waals surface area (Å²) >= 11 is 0. The summed E-state index contributed by atoms with van der Waals surface area (Å²) in [6.07, 6.45) is 8.11. The van der Waals surface area contributed by atoms with Gasteiger partial charge in [0.1, 0.15) is 0 Å². The molecule has 25 heavy (non-hydrogen) atoms. The van der Waals surface area contributed by atoms with Crippen LogP contribution in [0, 0.1) is 23.2 Å². The van der Waals surface area contributed by atoms with E-state index in [4.69, 9.17) is 5.11 Å². The Morgan fingerprint density at radius 2 is 1.52 bits per heavy atom. The van der Waals surface area contributed by atoms with Crippen LogP contribution in [0.5, 0.6) is 0 Å². The molecule has 2 amide bonds. The maximum Gasteiger partial charge on any atom is 0.335 e. The average molecular weight is 342 g/mol. The lowest BCUT2D eigenvalue weighted by Crippen LogP contribution is -2.52. The number of benzene rings is 1. The predicted molar refractivity (Wildman–Crippen MR) is 94.2 cm³/mol. The van der Waals surface area contributed by atoms with Gasteiger partial charge in [-0.3, -0.25) is 0 Å². The van der Waals surface area contributed by atoms with E-state index in [1.54, 1.807) is 24.3 Å². The van der Waals surface area contributed by atoms with Crippen molar-refractivity contribution in [3.63, 3.8) is 0 Å². The van der Waals surface area contributed by atoms with E-state index in [9.17, 15) is 9.59 Å². The lowest BCUT2D eigenvalue weighted by atomic mass is 9.49. The van der Waals surface area contributed by atoms with Crippen molar-refractivity contribution in [1.29, 1.82) is 0 Å². The lowest BCUT2D eigenvalue weighted by molar-refractivity contribution is -0.0498. The Balaban J connectivity index is 1.26. The van der Waals surface area contributed by atoms with Crippen LogP contribution in [0.15, 0.2) is 24.3 Å². The number of carbonyl (C=O) groups is 2. The van der Waals surface area contributed by atoms with Gasteiger partial charge in [-0.1, -0.05) is 12.1 Å². The minimum absolute atomic E-state index is 0.127. The van der Waals surface area contributed by atoms with Crippen LogP contribution < -0.4 is 10.6 Å². The summed E-state index contributed by atoms with van der Waals surface area (Å²) in [5, 5.41) is 14.9. The minimum atomic E-state index is -0.937. The van der Waals surface area contributed by atoms with E-state index in [2.05, 4.69) is 10.6 Å². The van der Waals surface area contributed by atoms with Crippen molar-refractivity contribution in [2.75, 3.05) is 6.54 Å². The fraction of sp³-hybridized carbons (Fsp3) is 0.600. The third-order valence-corrected chi connectivity index (χ3v) is 6.44. The number of amides is 2. The zero-order valence-electron chi connectivity index (χ0n) is 14.5. The van der Waals surface area contributed by atoms with Crippen molar-refractivity contribution in [2.45, 2.75) is 45.1 Å². The second kappa shape index (κ2) is 6.36. The number of carbonyl (C=O) groups excluding carboxylic acids is 1. The first kappa shape index (κ1) is 16.4. The molecule has 1 aromatic rings. The smallest absolute Gasteiger partial charge is 0.335 e. The highest BCUT2D eigenvalue weighted by Gasteiger charge is 2.50. The van der Waals surface area contributed by atoms with Crippen molar-refractivity contribution in [2.24, 2.45) is 23.2 Å². The van der Waals surface area contributed by atoms with Gasteiger partial charge in [-0.15, -0.1) is 0 Å². The number of hydrogen-bond acceptors (Lipinski definition) is 2. The molecule has 1 aromatic carbocycles. The van der Waals surface area contributed by atoms with Gasteiger partial charge in [0.25, 0.3) is 0 Å². The summed E-state index contributed by atoms with van der Waals surface area (Å²) in [6, 6.07) is 6.48. The molecule has 0 saturated heterocycles. The largest absolute Gasteiger partial charge is 0.478 e. The number of urea groups is 1. The van der Waals surface area contributed by atoms with Crippen molar-refractivity contribution >= 4 is 12.0 Å². The topological polar surface area (TPSA) is 78.4 Å². The molecule has 5 nitrogen and oxygen atoms in total. The summed E-state index contributed by atoms with van der Waals surface area (Å²) < 4.78 is 0. The molecule has 4 fully saturated rings. The number of rotatable bonds is 5. The maximum absolute atomic E-state index is 12.2. The fourth-order valence-electron chi connectivity index (χ4n) is 5.78. The number of hydrogen-bond donors (Lipinski definition) is 3. The maximum atomic E-state index is 12.2. The molecule has 4 aliphatic rings. The molecule has 0 radical (unpaired) electrons. The van der Waals surface area contributed by atoms with Crippen molar-refractivity contribution in [3.05, 3.63) is 35.4 Å². The van der Waals surface area contributed by atoms with Crippen LogP contribution in [0.2, 0.25) is 0 Å². The molecule has 3 N–H and O–H groups in total. The second-order valence-electron chi connectivity index (χ2n) is 8.46. The van der Waals surface area contributed by atoms with Crippen LogP contribution in [-0.4, -0.2) is 23.7 Å². The second-order valence-corrected chi connectivity index (χ2v) is 8.46. The van der Waals surface area contributed by atoms with Gasteiger partial charge in [0.2, 0.25) is 0 Å². The first-order valence-corrected chi connectivity index (χ1v) is 9.35. The molecule has 0 atom stereocenters. The van der Waals surface area contributed by atoms with Gasteiger partial charge in [0.15, 0.2) is 0 Å². The Morgan fingerprint density at radius 3 is 2.04 bits per heavy atom. The van der Waals surface area contributed by atoms with E-state index in [0.717, 1.165) is 29.9 Å². The highest BCUT2D eigenvalue weighted by atomic mass is 16.4. The molecule has 0 heterocycles. The van der Waals surface area contributed by atoms with Crippen molar-refractivity contribution in [3.8, 4) is 0 Å². The normalized spacial score (nSPS) is 32.4. The number of aromatic carboxylic acids is 1. The molecule has 0 unspecified atom stereocenters. The standard InChI is InChI=1S/C20H26N2O3/c23-18(24)17-3-1-13(2-4-17)11-21-19(25)22-12-20-8-14-5-15(9-20)7-16(6-14)10-20/h1-4,14-16H,5-12H2,(H,23,24)(H2,21,22,25). The third-order valence-electron chi connectivity index (χ3n) is 6.44. The Bertz CT molecular complexity index is 633. The SMILES string of the molecule is O=C(NCc1ccc(C(=O)O)cc1)NCC12CC3CC(CC(C3)C1)C2. The van der Waals surface area contributed by atoms with Crippen LogP contribution in [0.25, 0.3) is 0 Å². The van der Waals surface area contributed by atoms with Gasteiger partial charge in [0, 0.05) is 13.1 Å². The van der Waals surface area contributed by atoms with Gasteiger partial charge >= 0.3 is 12.0 Å². The molecule has 5 rings (SSSR count). The van der Waals surface area contributed by atoms with E-state index in [1.807, 2.05) is 0 Å². The molecular weight excluding hydrogens is 316 g/mol. The molecular formula is C20H26N2O3. The van der Waals surface area contributed by atoms with Crippen LogP contribution in [-0.2, 0) is 6.54 Å². The molecule has 0 aliphatic heterocycles. The Kier molecular flexibility index (Phi) is 4.18. The number of carboxylic acid groups (broad SMARTS) is 1. The molecule has 5 heteroatoms. The lowest BCUT2D eigenvalue weighted by Gasteiger charge is -2.56. The van der Waals surface area contributed by atoms with Gasteiger partial charge < -0.3 is 15.7 Å². The summed E-state index contributed by atoms with van der Waals surface area (Å²) in [4.78, 5) is 23.0. The molecule has 4 aliphatic carbocycles. The Morgan fingerprint density at radius 1 is 0.960 bits per heavy atom. The molecule has 4 bridgehead atoms. The highest BCUT2D eigenvalue weighted by molar-refractivity contribution is 5.87. The summed E-state index contributed by atoms with van der Waals surface area (Å²) in [5.74, 6) is 1.74. The Labute approximate surface area is 148 Å². The third kappa shape index (κ3) is 3.51. The van der Waals surface area contributed by atoms with E-state index in [-0.39, 0.29) is 11.6 Å². The highest BCUT2D eigenvalue weighted by Crippen LogP contribution is 2.59. The summed E-state index contributed by atoms with van der Waals surface area (Å²) in [6.45, 7) is 1.20. The van der Waals surface area contributed by atoms with E-state index < -0.39 is 5.97 Å². The molecule has 0 aromatic heterocycles. The fourth-order valence-corrected chi connectivity index (χ4v) is 5.78. The van der Waals surface area contributed by atoms with Gasteiger partial charge in [0.05, 0.1) is 5.56 Å². The number of carboxylic acids is 1. The van der Waals surface area contributed by atoms with Crippen LogP contribution in [0.4, 0.5) is 4.79 Å². The van der Waals surface area contributed by atoms with Crippen LogP contribution in [0.1, 0.15) is 54.4 Å². The molecule has 134 valence electrons. The van der Waals surface area contributed by atoms with E-state index in [1.165, 1.54) is 38.5 Å². The zero-order valence-corrected chi connectivity index (χ0v) is 14.5. The van der Waals surface area contributed by atoms with Gasteiger partial charge in [-0.25, -0.2) is 9.59 Å². The summed E-state index contributed by atoms with van der Waals surface area (Å²) in [7, 11) is 0. The quantitative estimate of drug-likeness (QED) is 0.767. The summed E-state index contributed by atoms with van der Waals surface area (Å²) in [5.41, 5.74) is 1.50. The average Bonchev–Trinajstić information content (AvgIpc) is 2.57. The van der Waals surface area contributed by atoms with E-state index >= 15 is 0 Å². The van der Waals surface area contributed by atoms with Crippen molar-refractivity contribution < 1.29 is 14.7 Å². The molecule has 0 spiro atoms. The van der Waals surface area contributed by atoms with Crippen molar-refractivity contribution in [1.82, 2.24) is 10.6 Å².